The van der Waals surface area contributed by atoms with Gasteiger partial charge in [0.1, 0.15) is 23.3 Å². The summed E-state index contributed by atoms with van der Waals surface area (Å²) in [6.45, 7) is 3.03. The van der Waals surface area contributed by atoms with Crippen LogP contribution in [0.4, 0.5) is 11.6 Å². The van der Waals surface area contributed by atoms with Crippen LogP contribution in [0.5, 0.6) is 0 Å². The molecular weight excluding hydrogens is 262 g/mol. The first-order valence-corrected chi connectivity index (χ1v) is 6.78. The maximum absolute atomic E-state index is 5.06. The van der Waals surface area contributed by atoms with Crippen molar-refractivity contribution in [1.29, 1.82) is 0 Å². The normalized spacial score (nSPS) is 10.5. The van der Waals surface area contributed by atoms with E-state index < -0.39 is 0 Å². The van der Waals surface area contributed by atoms with Crippen LogP contribution in [0.1, 0.15) is 16.5 Å². The van der Waals surface area contributed by atoms with E-state index in [0.29, 0.717) is 19.0 Å². The van der Waals surface area contributed by atoms with Crippen molar-refractivity contribution in [3.05, 3.63) is 28.0 Å². The van der Waals surface area contributed by atoms with Gasteiger partial charge in [-0.1, -0.05) is 0 Å². The Labute approximate surface area is 116 Å². The highest BCUT2D eigenvalue weighted by Gasteiger charge is 2.05. The average molecular weight is 279 g/mol. The molecule has 0 fully saturated rings. The smallest absolute Gasteiger partial charge is 0.158 e. The van der Waals surface area contributed by atoms with Crippen molar-refractivity contribution in [2.45, 2.75) is 20.1 Å². The average Bonchev–Trinajstić information content (AvgIpc) is 2.82. The van der Waals surface area contributed by atoms with Crippen LogP contribution in [0.3, 0.4) is 0 Å². The van der Waals surface area contributed by atoms with Gasteiger partial charge in [0, 0.05) is 31.3 Å². The molecule has 0 unspecified atom stereocenters. The summed E-state index contributed by atoms with van der Waals surface area (Å²) in [4.78, 5) is 13.1. The van der Waals surface area contributed by atoms with Gasteiger partial charge in [0.15, 0.2) is 5.82 Å². The highest BCUT2D eigenvalue weighted by atomic mass is 32.1. The van der Waals surface area contributed by atoms with Crippen molar-refractivity contribution < 1.29 is 4.74 Å². The molecule has 0 amide bonds. The zero-order valence-electron chi connectivity index (χ0n) is 11.2. The van der Waals surface area contributed by atoms with Gasteiger partial charge in [0.25, 0.3) is 0 Å². The summed E-state index contributed by atoms with van der Waals surface area (Å²) < 4.78 is 5.06. The molecule has 0 saturated heterocycles. The van der Waals surface area contributed by atoms with Gasteiger partial charge >= 0.3 is 0 Å². The number of ether oxygens (including phenoxy) is 1. The Balaban J connectivity index is 2.08. The van der Waals surface area contributed by atoms with Gasteiger partial charge in [0.2, 0.25) is 0 Å². The van der Waals surface area contributed by atoms with E-state index in [-0.39, 0.29) is 0 Å². The third-order valence-corrected chi connectivity index (χ3v) is 3.36. The molecule has 7 heteroatoms. The number of rotatable bonds is 6. The minimum atomic E-state index is 0.389. The highest BCUT2D eigenvalue weighted by molar-refractivity contribution is 7.09. The van der Waals surface area contributed by atoms with E-state index in [1.807, 2.05) is 25.4 Å². The van der Waals surface area contributed by atoms with E-state index in [4.69, 9.17) is 4.74 Å². The van der Waals surface area contributed by atoms with E-state index in [9.17, 15) is 0 Å². The van der Waals surface area contributed by atoms with E-state index >= 15 is 0 Å². The number of nitrogens with one attached hydrogen (secondary N) is 2. The molecule has 0 bridgehead atoms. The molecule has 102 valence electrons. The predicted molar refractivity (Wildman–Crippen MR) is 76.5 cm³/mol. The molecule has 0 atom stereocenters. The molecule has 2 heterocycles. The van der Waals surface area contributed by atoms with E-state index in [2.05, 4.69) is 25.6 Å². The van der Waals surface area contributed by atoms with Crippen LogP contribution >= 0.6 is 11.3 Å². The van der Waals surface area contributed by atoms with Crippen molar-refractivity contribution in [3.8, 4) is 0 Å². The number of aromatic nitrogens is 3. The van der Waals surface area contributed by atoms with E-state index in [0.717, 1.165) is 22.3 Å². The summed E-state index contributed by atoms with van der Waals surface area (Å²) in [6.07, 6.45) is 0. The standard InChI is InChI=1S/C12H17N5OS/c1-8-7-19-12(15-8)5-14-10-4-9(13-2)16-11(17-10)6-18-3/h4,7H,5-6H2,1-3H3,(H2,13,14,16,17). The number of anilines is 2. The third kappa shape index (κ3) is 3.87. The predicted octanol–water partition coefficient (Wildman–Crippen LogP) is 2.04. The second-order valence-electron chi connectivity index (χ2n) is 3.97. The number of methoxy groups -OCH3 is 1. The maximum atomic E-state index is 5.06. The van der Waals surface area contributed by atoms with Crippen LogP contribution in [0.2, 0.25) is 0 Å². The quantitative estimate of drug-likeness (QED) is 0.843. The molecule has 2 aromatic rings. The lowest BCUT2D eigenvalue weighted by molar-refractivity contribution is 0.178. The largest absolute Gasteiger partial charge is 0.377 e. The Kier molecular flexibility index (Phi) is 4.64. The Morgan fingerprint density at radius 1 is 1.26 bits per heavy atom. The molecule has 0 aliphatic rings. The number of nitrogens with zero attached hydrogens (tertiary/aromatic N) is 3. The summed E-state index contributed by atoms with van der Waals surface area (Å²) in [5.74, 6) is 2.17. The van der Waals surface area contributed by atoms with Crippen molar-refractivity contribution >= 4 is 23.0 Å². The summed E-state index contributed by atoms with van der Waals surface area (Å²) >= 11 is 1.64. The molecule has 2 aromatic heterocycles. The highest BCUT2D eigenvalue weighted by Crippen LogP contribution is 2.14. The zero-order valence-corrected chi connectivity index (χ0v) is 12.0. The first-order chi connectivity index (χ1) is 9.21. The van der Waals surface area contributed by atoms with E-state index in [1.165, 1.54) is 0 Å². The Hall–Kier alpha value is -1.73. The fourth-order valence-corrected chi connectivity index (χ4v) is 2.27. The monoisotopic (exact) mass is 279 g/mol. The van der Waals surface area contributed by atoms with Crippen LogP contribution in [0, 0.1) is 6.92 Å². The van der Waals surface area contributed by atoms with Gasteiger partial charge in [-0.3, -0.25) is 0 Å². The second-order valence-corrected chi connectivity index (χ2v) is 4.92. The Morgan fingerprint density at radius 3 is 2.68 bits per heavy atom. The van der Waals surface area contributed by atoms with Crippen molar-refractivity contribution in [1.82, 2.24) is 15.0 Å². The molecule has 6 nitrogen and oxygen atoms in total. The summed E-state index contributed by atoms with van der Waals surface area (Å²) in [7, 11) is 3.45. The zero-order chi connectivity index (χ0) is 13.7. The number of hydrogen-bond acceptors (Lipinski definition) is 7. The molecule has 0 saturated carbocycles. The molecule has 0 aliphatic heterocycles. The number of thiazole rings is 1. The minimum absolute atomic E-state index is 0.389. The third-order valence-electron chi connectivity index (χ3n) is 2.39. The summed E-state index contributed by atoms with van der Waals surface area (Å²) in [5.41, 5.74) is 1.04. The molecular formula is C12H17N5OS. The lowest BCUT2D eigenvalue weighted by atomic mass is 10.4. The molecule has 0 aromatic carbocycles. The first kappa shape index (κ1) is 13.7. The molecule has 0 aliphatic carbocycles. The summed E-state index contributed by atoms with van der Waals surface area (Å²) in [5, 5.41) is 9.33. The van der Waals surface area contributed by atoms with Crippen molar-refractivity contribution in [3.63, 3.8) is 0 Å². The molecule has 19 heavy (non-hydrogen) atoms. The van der Waals surface area contributed by atoms with Crippen LogP contribution < -0.4 is 10.6 Å². The minimum Gasteiger partial charge on any atom is -0.377 e. The SMILES string of the molecule is CNc1cc(NCc2nc(C)cs2)nc(COC)n1. The van der Waals surface area contributed by atoms with Gasteiger partial charge in [-0.2, -0.15) is 0 Å². The fraction of sp³-hybridized carbons (Fsp3) is 0.417. The lowest BCUT2D eigenvalue weighted by Crippen LogP contribution is -2.07. The van der Waals surface area contributed by atoms with Crippen molar-refractivity contribution in [2.75, 3.05) is 24.8 Å². The number of aryl methyl sites for hydroxylation is 1. The van der Waals surface area contributed by atoms with Gasteiger partial charge in [0.05, 0.1) is 6.54 Å². The van der Waals surface area contributed by atoms with Crippen LogP contribution in [0.25, 0.3) is 0 Å². The van der Waals surface area contributed by atoms with Crippen molar-refractivity contribution in [2.24, 2.45) is 0 Å². The maximum Gasteiger partial charge on any atom is 0.158 e. The summed E-state index contributed by atoms with van der Waals surface area (Å²) in [6, 6.07) is 1.86. The molecule has 2 N–H and O–H groups in total. The van der Waals surface area contributed by atoms with Gasteiger partial charge in [-0.15, -0.1) is 11.3 Å². The first-order valence-electron chi connectivity index (χ1n) is 5.91. The van der Waals surface area contributed by atoms with Crippen LogP contribution in [-0.2, 0) is 17.9 Å². The van der Waals surface area contributed by atoms with Gasteiger partial charge in [-0.25, -0.2) is 15.0 Å². The topological polar surface area (TPSA) is 72.0 Å². The van der Waals surface area contributed by atoms with Gasteiger partial charge < -0.3 is 15.4 Å². The molecule has 0 spiro atoms. The fourth-order valence-electron chi connectivity index (χ4n) is 1.56. The molecule has 0 radical (unpaired) electrons. The van der Waals surface area contributed by atoms with Gasteiger partial charge in [-0.05, 0) is 6.92 Å². The Bertz CT molecular complexity index is 543. The lowest BCUT2D eigenvalue weighted by Gasteiger charge is -2.08. The van der Waals surface area contributed by atoms with E-state index in [1.54, 1.807) is 18.4 Å². The second kappa shape index (κ2) is 6.44. The number of hydrogen-bond donors (Lipinski definition) is 2. The van der Waals surface area contributed by atoms with Crippen LogP contribution in [-0.4, -0.2) is 29.1 Å². The molecule has 2 rings (SSSR count). The van der Waals surface area contributed by atoms with Crippen LogP contribution in [0.15, 0.2) is 11.4 Å². The Morgan fingerprint density at radius 2 is 2.05 bits per heavy atom.